The number of nitro benzene ring substituents is 1. The van der Waals surface area contributed by atoms with Crippen molar-refractivity contribution < 1.29 is 14.8 Å². The van der Waals surface area contributed by atoms with E-state index in [1.54, 1.807) is 0 Å². The zero-order valence-corrected chi connectivity index (χ0v) is 14.1. The summed E-state index contributed by atoms with van der Waals surface area (Å²) in [5.74, 6) is -0.860. The third-order valence-electron chi connectivity index (χ3n) is 2.84. The van der Waals surface area contributed by atoms with Crippen LogP contribution in [0, 0.1) is 10.1 Å². The molecule has 0 radical (unpaired) electrons. The third kappa shape index (κ3) is 4.31. The lowest BCUT2D eigenvalue weighted by Gasteiger charge is -2.11. The number of carbonyl (C=O) groups excluding carboxylic acids is 1. The molecule has 124 valence electrons. The van der Waals surface area contributed by atoms with Gasteiger partial charge >= 0.3 is 0 Å². The van der Waals surface area contributed by atoms with Gasteiger partial charge in [-0.2, -0.15) is 0 Å². The first-order valence-corrected chi connectivity index (χ1v) is 7.49. The molecule has 0 aromatic heterocycles. The number of phenolic OH excluding ortho intramolecular Hbond substituents is 1. The first kappa shape index (κ1) is 17.9. The molecule has 0 fully saturated rings. The number of amides is 1. The second kappa shape index (κ2) is 7.43. The highest BCUT2D eigenvalue weighted by atomic mass is 35.5. The van der Waals surface area contributed by atoms with Crippen molar-refractivity contribution in [1.29, 1.82) is 0 Å². The molecular weight excluding hydrogens is 377 g/mol. The van der Waals surface area contributed by atoms with Crippen molar-refractivity contribution in [3.63, 3.8) is 0 Å². The van der Waals surface area contributed by atoms with Gasteiger partial charge in [0.15, 0.2) is 5.11 Å². The van der Waals surface area contributed by atoms with E-state index in [9.17, 15) is 20.0 Å². The minimum atomic E-state index is -0.625. The molecule has 0 atom stereocenters. The zero-order chi connectivity index (χ0) is 17.9. The number of hydrogen-bond acceptors (Lipinski definition) is 5. The topological polar surface area (TPSA) is 104 Å². The molecule has 10 heteroatoms. The molecule has 0 aliphatic heterocycles. The van der Waals surface area contributed by atoms with Gasteiger partial charge in [-0.05, 0) is 36.5 Å². The van der Waals surface area contributed by atoms with Gasteiger partial charge in [-0.15, -0.1) is 0 Å². The van der Waals surface area contributed by atoms with Crippen LogP contribution >= 0.6 is 35.4 Å². The molecule has 1 amide bonds. The summed E-state index contributed by atoms with van der Waals surface area (Å²) in [6, 6.07) is 7.68. The van der Waals surface area contributed by atoms with E-state index < -0.39 is 10.8 Å². The number of aromatic hydroxyl groups is 1. The highest BCUT2D eigenvalue weighted by Crippen LogP contribution is 2.27. The van der Waals surface area contributed by atoms with E-state index in [1.807, 2.05) is 0 Å². The summed E-state index contributed by atoms with van der Waals surface area (Å²) >= 11 is 16.6. The lowest BCUT2D eigenvalue weighted by atomic mass is 10.2. The van der Waals surface area contributed by atoms with Crippen LogP contribution in [0.4, 0.5) is 11.4 Å². The van der Waals surface area contributed by atoms with Gasteiger partial charge in [-0.25, -0.2) is 0 Å². The summed E-state index contributed by atoms with van der Waals surface area (Å²) in [4.78, 5) is 22.2. The van der Waals surface area contributed by atoms with E-state index in [-0.39, 0.29) is 32.8 Å². The minimum Gasteiger partial charge on any atom is -0.506 e. The molecular formula is C14H9Cl2N3O4S. The average Bonchev–Trinajstić information content (AvgIpc) is 2.48. The number of phenols is 1. The number of halogens is 2. The van der Waals surface area contributed by atoms with E-state index >= 15 is 0 Å². The lowest BCUT2D eigenvalue weighted by molar-refractivity contribution is -0.384. The lowest BCUT2D eigenvalue weighted by Crippen LogP contribution is -2.34. The Hall–Kier alpha value is -2.42. The van der Waals surface area contributed by atoms with Crippen LogP contribution in [0.25, 0.3) is 0 Å². The number of nitro groups is 1. The summed E-state index contributed by atoms with van der Waals surface area (Å²) in [5.41, 5.74) is -0.115. The predicted molar refractivity (Wildman–Crippen MR) is 94.9 cm³/mol. The number of anilines is 1. The van der Waals surface area contributed by atoms with Crippen molar-refractivity contribution in [3.05, 3.63) is 62.1 Å². The van der Waals surface area contributed by atoms with Gasteiger partial charge in [0, 0.05) is 17.2 Å². The number of non-ortho nitro benzene ring substituents is 1. The second-order valence-corrected chi connectivity index (χ2v) is 5.74. The molecule has 3 N–H and O–H groups in total. The Balaban J connectivity index is 2.12. The summed E-state index contributed by atoms with van der Waals surface area (Å²) in [7, 11) is 0. The molecule has 0 heterocycles. The van der Waals surface area contributed by atoms with Crippen LogP contribution in [0.1, 0.15) is 10.4 Å². The Morgan fingerprint density at radius 1 is 1.21 bits per heavy atom. The molecule has 2 aromatic carbocycles. The van der Waals surface area contributed by atoms with E-state index in [0.29, 0.717) is 5.02 Å². The Bertz CT molecular complexity index is 845. The Morgan fingerprint density at radius 3 is 2.54 bits per heavy atom. The van der Waals surface area contributed by atoms with Gasteiger partial charge in [-0.3, -0.25) is 20.2 Å². The summed E-state index contributed by atoms with van der Waals surface area (Å²) < 4.78 is 0. The van der Waals surface area contributed by atoms with Crippen LogP contribution in [0.3, 0.4) is 0 Å². The SMILES string of the molecule is O=C(NC(=S)Nc1cc([N+](=O)[O-])ccc1O)c1ccc(Cl)cc1Cl. The third-order valence-corrected chi connectivity index (χ3v) is 3.59. The van der Waals surface area contributed by atoms with Crippen molar-refractivity contribution in [3.8, 4) is 5.75 Å². The molecule has 0 unspecified atom stereocenters. The molecule has 0 saturated carbocycles. The molecule has 0 spiro atoms. The smallest absolute Gasteiger partial charge is 0.271 e. The van der Waals surface area contributed by atoms with Gasteiger partial charge in [0.25, 0.3) is 11.6 Å². The van der Waals surface area contributed by atoms with Crippen LogP contribution in [0.2, 0.25) is 10.0 Å². The van der Waals surface area contributed by atoms with Gasteiger partial charge in [-0.1, -0.05) is 23.2 Å². The first-order valence-electron chi connectivity index (χ1n) is 6.32. The summed E-state index contributed by atoms with van der Waals surface area (Å²) in [6.45, 7) is 0. The van der Waals surface area contributed by atoms with Gasteiger partial charge in [0.2, 0.25) is 0 Å². The maximum Gasteiger partial charge on any atom is 0.271 e. The van der Waals surface area contributed by atoms with Crippen LogP contribution in [-0.4, -0.2) is 21.0 Å². The zero-order valence-electron chi connectivity index (χ0n) is 11.7. The molecule has 0 aliphatic rings. The van der Waals surface area contributed by atoms with Crippen LogP contribution in [0.15, 0.2) is 36.4 Å². The number of hydrogen-bond donors (Lipinski definition) is 3. The monoisotopic (exact) mass is 385 g/mol. The van der Waals surface area contributed by atoms with Gasteiger partial charge in [0.05, 0.1) is 21.2 Å². The number of carbonyl (C=O) groups is 1. The summed E-state index contributed by atoms with van der Waals surface area (Å²) in [5, 5.41) is 25.7. The van der Waals surface area contributed by atoms with E-state index in [2.05, 4.69) is 10.6 Å². The van der Waals surface area contributed by atoms with Gasteiger partial charge in [0.1, 0.15) is 5.75 Å². The molecule has 2 rings (SSSR count). The van der Waals surface area contributed by atoms with Gasteiger partial charge < -0.3 is 10.4 Å². The molecule has 24 heavy (non-hydrogen) atoms. The predicted octanol–water partition coefficient (Wildman–Crippen LogP) is 3.73. The first-order chi connectivity index (χ1) is 11.3. The van der Waals surface area contributed by atoms with Crippen molar-refractivity contribution in [2.45, 2.75) is 0 Å². The minimum absolute atomic E-state index is 0.0169. The maximum atomic E-state index is 12.1. The Kier molecular flexibility index (Phi) is 5.55. The van der Waals surface area contributed by atoms with Crippen LogP contribution in [-0.2, 0) is 0 Å². The number of nitrogens with zero attached hydrogens (tertiary/aromatic N) is 1. The molecule has 0 aliphatic carbocycles. The number of thiocarbonyl (C=S) groups is 1. The molecule has 0 bridgehead atoms. The number of benzene rings is 2. The molecule has 0 saturated heterocycles. The fourth-order valence-corrected chi connectivity index (χ4v) is 2.43. The normalized spacial score (nSPS) is 10.1. The highest BCUT2D eigenvalue weighted by Gasteiger charge is 2.15. The maximum absolute atomic E-state index is 12.1. The Labute approximate surface area is 151 Å². The largest absolute Gasteiger partial charge is 0.506 e. The number of nitrogens with one attached hydrogen (secondary N) is 2. The van der Waals surface area contributed by atoms with Crippen LogP contribution < -0.4 is 10.6 Å². The van der Waals surface area contributed by atoms with Crippen molar-refractivity contribution in [1.82, 2.24) is 5.32 Å². The van der Waals surface area contributed by atoms with Crippen molar-refractivity contribution >= 4 is 57.8 Å². The molecule has 7 nitrogen and oxygen atoms in total. The number of rotatable bonds is 3. The fourth-order valence-electron chi connectivity index (χ4n) is 1.74. The molecule has 2 aromatic rings. The van der Waals surface area contributed by atoms with E-state index in [0.717, 1.165) is 18.2 Å². The van der Waals surface area contributed by atoms with Crippen LogP contribution in [0.5, 0.6) is 5.75 Å². The highest BCUT2D eigenvalue weighted by molar-refractivity contribution is 7.80. The standard InChI is InChI=1S/C14H9Cl2N3O4S/c15-7-1-3-9(10(16)5-7)13(21)18-14(24)17-11-6-8(19(22)23)2-4-12(11)20/h1-6,20H,(H2,17,18,21,24). The second-order valence-electron chi connectivity index (χ2n) is 4.49. The summed E-state index contributed by atoms with van der Waals surface area (Å²) in [6.07, 6.45) is 0. The van der Waals surface area contributed by atoms with E-state index in [4.69, 9.17) is 35.4 Å². The van der Waals surface area contributed by atoms with Crippen molar-refractivity contribution in [2.24, 2.45) is 0 Å². The average molecular weight is 386 g/mol. The quantitative estimate of drug-likeness (QED) is 0.321. The Morgan fingerprint density at radius 2 is 1.92 bits per heavy atom. The van der Waals surface area contributed by atoms with E-state index in [1.165, 1.54) is 18.2 Å². The van der Waals surface area contributed by atoms with Crippen molar-refractivity contribution in [2.75, 3.05) is 5.32 Å². The fraction of sp³-hybridized carbons (Fsp3) is 0.